The maximum Gasteiger partial charge on any atom is 0.222 e. The zero-order valence-corrected chi connectivity index (χ0v) is 16.6. The molecule has 2 aromatic rings. The molecular weight excluding hydrogens is 388 g/mol. The summed E-state index contributed by atoms with van der Waals surface area (Å²) in [6.07, 6.45) is 5.76. The zero-order chi connectivity index (χ0) is 18.2. The average molecular weight is 413 g/mol. The molecule has 0 bridgehead atoms. The lowest BCUT2D eigenvalue weighted by molar-refractivity contribution is -0.132. The van der Waals surface area contributed by atoms with Crippen molar-refractivity contribution in [2.45, 2.75) is 12.8 Å². The first-order chi connectivity index (χ1) is 12.7. The molecule has 1 amide bonds. The van der Waals surface area contributed by atoms with Gasteiger partial charge in [0.2, 0.25) is 5.91 Å². The fourth-order valence-electron chi connectivity index (χ4n) is 3.18. The number of aryl methyl sites for hydroxylation is 1. The van der Waals surface area contributed by atoms with Gasteiger partial charge in [-0.25, -0.2) is 0 Å². The highest BCUT2D eigenvalue weighted by Crippen LogP contribution is 2.14. The van der Waals surface area contributed by atoms with Crippen molar-refractivity contribution in [2.24, 2.45) is 0 Å². The van der Waals surface area contributed by atoms with E-state index in [-0.39, 0.29) is 5.91 Å². The number of rotatable bonds is 6. The molecule has 1 heterocycles. The van der Waals surface area contributed by atoms with Gasteiger partial charge in [-0.15, -0.1) is 0 Å². The summed E-state index contributed by atoms with van der Waals surface area (Å²) < 4.78 is 1.07. The molecule has 26 heavy (non-hydrogen) atoms. The molecule has 0 radical (unpaired) electrons. The first kappa shape index (κ1) is 18.9. The minimum absolute atomic E-state index is 0.268. The van der Waals surface area contributed by atoms with Gasteiger partial charge in [0.05, 0.1) is 0 Å². The summed E-state index contributed by atoms with van der Waals surface area (Å²) in [4.78, 5) is 16.9. The van der Waals surface area contributed by atoms with Crippen molar-refractivity contribution < 1.29 is 4.79 Å². The highest BCUT2D eigenvalue weighted by Gasteiger charge is 2.20. The topological polar surface area (TPSA) is 23.6 Å². The molecule has 0 spiro atoms. The molecule has 0 atom stereocenters. The maximum absolute atomic E-state index is 12.4. The second kappa shape index (κ2) is 9.70. The first-order valence-electron chi connectivity index (χ1n) is 9.17. The lowest BCUT2D eigenvalue weighted by Crippen LogP contribution is -2.48. The smallest absolute Gasteiger partial charge is 0.222 e. The Morgan fingerprint density at radius 1 is 1.00 bits per heavy atom. The molecule has 136 valence electrons. The monoisotopic (exact) mass is 412 g/mol. The molecule has 0 aromatic heterocycles. The molecule has 4 heteroatoms. The second-order valence-corrected chi connectivity index (χ2v) is 7.54. The van der Waals surface area contributed by atoms with Crippen LogP contribution in [-0.2, 0) is 11.2 Å². The van der Waals surface area contributed by atoms with Crippen LogP contribution in [-0.4, -0.2) is 48.4 Å². The molecule has 1 aliphatic heterocycles. The van der Waals surface area contributed by atoms with E-state index in [1.54, 1.807) is 0 Å². The van der Waals surface area contributed by atoms with E-state index in [9.17, 15) is 4.79 Å². The van der Waals surface area contributed by atoms with Crippen LogP contribution < -0.4 is 0 Å². The van der Waals surface area contributed by atoms with Crippen LogP contribution in [0.3, 0.4) is 0 Å². The van der Waals surface area contributed by atoms with Gasteiger partial charge >= 0.3 is 0 Å². The number of carbonyl (C=O) groups is 1. The van der Waals surface area contributed by atoms with Gasteiger partial charge in [0.25, 0.3) is 0 Å². The number of piperazine rings is 1. The number of halogens is 1. The first-order valence-corrected chi connectivity index (χ1v) is 9.96. The third-order valence-corrected chi connectivity index (χ3v) is 5.21. The number of carbonyl (C=O) groups excluding carboxylic acids is 1. The van der Waals surface area contributed by atoms with Crippen LogP contribution in [0.15, 0.2) is 65.1 Å². The Bertz CT molecular complexity index is 737. The van der Waals surface area contributed by atoms with Crippen molar-refractivity contribution in [3.05, 3.63) is 76.3 Å². The Labute approximate surface area is 164 Å². The summed E-state index contributed by atoms with van der Waals surface area (Å²) in [5.41, 5.74) is 2.44. The van der Waals surface area contributed by atoms with E-state index in [0.717, 1.165) is 43.6 Å². The lowest BCUT2D eigenvalue weighted by Gasteiger charge is -2.34. The largest absolute Gasteiger partial charge is 0.340 e. The van der Waals surface area contributed by atoms with Crippen LogP contribution in [0.4, 0.5) is 0 Å². The Morgan fingerprint density at radius 3 is 2.50 bits per heavy atom. The lowest BCUT2D eigenvalue weighted by atomic mass is 10.1. The molecule has 0 saturated carbocycles. The molecule has 0 aliphatic carbocycles. The molecule has 2 aromatic carbocycles. The Balaban J connectivity index is 1.39. The predicted molar refractivity (Wildman–Crippen MR) is 111 cm³/mol. The molecule has 0 N–H and O–H groups in total. The van der Waals surface area contributed by atoms with Gasteiger partial charge in [0, 0.05) is 43.6 Å². The summed E-state index contributed by atoms with van der Waals surface area (Å²) in [5, 5.41) is 0. The number of benzene rings is 2. The van der Waals surface area contributed by atoms with Crippen LogP contribution in [0.25, 0.3) is 6.08 Å². The van der Waals surface area contributed by atoms with Crippen molar-refractivity contribution in [1.82, 2.24) is 9.80 Å². The van der Waals surface area contributed by atoms with E-state index in [1.165, 1.54) is 11.1 Å². The molecule has 3 nitrogen and oxygen atoms in total. The molecule has 1 saturated heterocycles. The summed E-state index contributed by atoms with van der Waals surface area (Å²) >= 11 is 3.48. The minimum atomic E-state index is 0.268. The predicted octanol–water partition coefficient (Wildman–Crippen LogP) is 4.24. The zero-order valence-electron chi connectivity index (χ0n) is 15.0. The van der Waals surface area contributed by atoms with Crippen LogP contribution in [0.5, 0.6) is 0 Å². The molecule has 0 unspecified atom stereocenters. The van der Waals surface area contributed by atoms with Gasteiger partial charge in [-0.2, -0.15) is 0 Å². The van der Waals surface area contributed by atoms with Crippen molar-refractivity contribution in [3.63, 3.8) is 0 Å². The number of hydrogen-bond donors (Lipinski definition) is 0. The molecule has 3 rings (SSSR count). The molecular formula is C22H25BrN2O. The normalized spacial score (nSPS) is 15.5. The fourth-order valence-corrected chi connectivity index (χ4v) is 3.63. The number of nitrogens with zero attached hydrogens (tertiary/aromatic N) is 2. The SMILES string of the molecule is O=C(CCc1cccc(Br)c1)N1CCN(C/C=C/c2ccccc2)CC1. The van der Waals surface area contributed by atoms with Gasteiger partial charge in [-0.05, 0) is 29.7 Å². The average Bonchev–Trinajstić information content (AvgIpc) is 2.68. The quantitative estimate of drug-likeness (QED) is 0.708. The van der Waals surface area contributed by atoms with Gasteiger partial charge in [-0.1, -0.05) is 70.5 Å². The van der Waals surface area contributed by atoms with E-state index in [1.807, 2.05) is 23.1 Å². The Hall–Kier alpha value is -1.91. The Kier molecular flexibility index (Phi) is 7.04. The summed E-state index contributed by atoms with van der Waals surface area (Å²) in [5.74, 6) is 0.268. The van der Waals surface area contributed by atoms with Crippen LogP contribution >= 0.6 is 15.9 Å². The maximum atomic E-state index is 12.4. The summed E-state index contributed by atoms with van der Waals surface area (Å²) in [7, 11) is 0. The van der Waals surface area contributed by atoms with E-state index in [4.69, 9.17) is 0 Å². The van der Waals surface area contributed by atoms with Gasteiger partial charge in [-0.3, -0.25) is 9.69 Å². The van der Waals surface area contributed by atoms with E-state index in [0.29, 0.717) is 6.42 Å². The van der Waals surface area contributed by atoms with Crippen molar-refractivity contribution >= 4 is 27.9 Å². The third kappa shape index (κ3) is 5.82. The van der Waals surface area contributed by atoms with Crippen molar-refractivity contribution in [1.29, 1.82) is 0 Å². The third-order valence-electron chi connectivity index (χ3n) is 4.72. The fraction of sp³-hybridized carbons (Fsp3) is 0.318. The van der Waals surface area contributed by atoms with Crippen LogP contribution in [0, 0.1) is 0 Å². The van der Waals surface area contributed by atoms with Crippen molar-refractivity contribution in [2.75, 3.05) is 32.7 Å². The summed E-state index contributed by atoms with van der Waals surface area (Å²) in [6, 6.07) is 18.6. The molecule has 1 aliphatic rings. The second-order valence-electron chi connectivity index (χ2n) is 6.62. The van der Waals surface area contributed by atoms with Gasteiger partial charge in [0.1, 0.15) is 0 Å². The van der Waals surface area contributed by atoms with Gasteiger partial charge in [0.15, 0.2) is 0 Å². The molecule has 1 fully saturated rings. The van der Waals surface area contributed by atoms with E-state index < -0.39 is 0 Å². The standard InChI is InChI=1S/C22H25BrN2O/c23-21-10-4-8-20(18-21)11-12-22(26)25-16-14-24(15-17-25)13-5-9-19-6-2-1-3-7-19/h1-10,18H,11-17H2/b9-5+. The number of hydrogen-bond acceptors (Lipinski definition) is 2. The Morgan fingerprint density at radius 2 is 1.77 bits per heavy atom. The van der Waals surface area contributed by atoms with Gasteiger partial charge < -0.3 is 4.90 Å². The minimum Gasteiger partial charge on any atom is -0.340 e. The van der Waals surface area contributed by atoms with E-state index in [2.05, 4.69) is 69.4 Å². The van der Waals surface area contributed by atoms with Crippen molar-refractivity contribution in [3.8, 4) is 0 Å². The van der Waals surface area contributed by atoms with Crippen LogP contribution in [0.1, 0.15) is 17.5 Å². The summed E-state index contributed by atoms with van der Waals surface area (Å²) in [6.45, 7) is 4.49. The van der Waals surface area contributed by atoms with E-state index >= 15 is 0 Å². The highest BCUT2D eigenvalue weighted by molar-refractivity contribution is 9.10. The van der Waals surface area contributed by atoms with Crippen LogP contribution in [0.2, 0.25) is 0 Å². The highest BCUT2D eigenvalue weighted by atomic mass is 79.9. The number of amides is 1.